The first-order valence-corrected chi connectivity index (χ1v) is 7.91. The van der Waals surface area contributed by atoms with Crippen molar-refractivity contribution in [2.45, 2.75) is 6.92 Å². The van der Waals surface area contributed by atoms with Gasteiger partial charge in [0, 0.05) is 0 Å². The summed E-state index contributed by atoms with van der Waals surface area (Å²) in [6.07, 6.45) is 0. The average Bonchev–Trinajstić information content (AvgIpc) is 2.64. The molecule has 0 saturated heterocycles. The van der Waals surface area contributed by atoms with Crippen LogP contribution in [0.1, 0.15) is 26.3 Å². The lowest BCUT2D eigenvalue weighted by molar-refractivity contribution is 0.0719. The minimum absolute atomic E-state index is 0.0706. The summed E-state index contributed by atoms with van der Waals surface area (Å²) in [5.74, 6) is -0.271. The Balaban J connectivity index is 1.62. The van der Waals surface area contributed by atoms with Gasteiger partial charge in [-0.1, -0.05) is 17.7 Å². The number of carbonyl (C=O) groups excluding carboxylic acids is 2. The number of aryl methyl sites for hydroxylation is 1. The molecule has 0 atom stereocenters. The van der Waals surface area contributed by atoms with Crippen LogP contribution < -0.4 is 9.47 Å². The lowest BCUT2D eigenvalue weighted by Crippen LogP contribution is -2.09. The first-order valence-electron chi connectivity index (χ1n) is 7.91. The monoisotopic (exact) mass is 348 g/mol. The number of benzene rings is 3. The Morgan fingerprint density at radius 3 is 1.46 bits per heavy atom. The van der Waals surface area contributed by atoms with Crippen molar-refractivity contribution in [3.8, 4) is 17.2 Å². The highest BCUT2D eigenvalue weighted by Crippen LogP contribution is 2.20. The van der Waals surface area contributed by atoms with Crippen molar-refractivity contribution < 1.29 is 24.2 Å². The highest BCUT2D eigenvalue weighted by Gasteiger charge is 2.11. The molecule has 5 nitrogen and oxygen atoms in total. The van der Waals surface area contributed by atoms with Crippen molar-refractivity contribution in [1.29, 1.82) is 0 Å². The molecule has 1 N–H and O–H groups in total. The lowest BCUT2D eigenvalue weighted by Gasteiger charge is -2.07. The average molecular weight is 348 g/mol. The number of hydrogen-bond acceptors (Lipinski definition) is 5. The zero-order valence-electron chi connectivity index (χ0n) is 14.0. The van der Waals surface area contributed by atoms with E-state index in [0.29, 0.717) is 22.6 Å². The molecule has 0 aliphatic rings. The van der Waals surface area contributed by atoms with Crippen LogP contribution in [-0.2, 0) is 0 Å². The standard InChI is InChI=1S/C21H16O5/c1-14-2-4-15(5-3-14)20(23)25-18-10-12-19(13-11-18)26-21(24)16-6-8-17(22)9-7-16/h2-13,22H,1H3. The van der Waals surface area contributed by atoms with Gasteiger partial charge in [0.05, 0.1) is 11.1 Å². The van der Waals surface area contributed by atoms with Gasteiger partial charge in [-0.3, -0.25) is 0 Å². The van der Waals surface area contributed by atoms with E-state index in [-0.39, 0.29) is 5.75 Å². The van der Waals surface area contributed by atoms with Crippen molar-refractivity contribution in [3.05, 3.63) is 89.5 Å². The molecule has 26 heavy (non-hydrogen) atoms. The molecule has 0 unspecified atom stereocenters. The van der Waals surface area contributed by atoms with Crippen LogP contribution in [0.5, 0.6) is 17.2 Å². The minimum atomic E-state index is -0.547. The van der Waals surface area contributed by atoms with Crippen molar-refractivity contribution in [3.63, 3.8) is 0 Å². The lowest BCUT2D eigenvalue weighted by atomic mass is 10.1. The molecule has 0 aliphatic carbocycles. The summed E-state index contributed by atoms with van der Waals surface area (Å²) in [5, 5.41) is 9.23. The minimum Gasteiger partial charge on any atom is -0.508 e. The fraction of sp³-hybridized carbons (Fsp3) is 0.0476. The zero-order valence-corrected chi connectivity index (χ0v) is 14.0. The zero-order chi connectivity index (χ0) is 18.5. The normalized spacial score (nSPS) is 10.2. The molecule has 0 spiro atoms. The van der Waals surface area contributed by atoms with E-state index >= 15 is 0 Å². The SMILES string of the molecule is Cc1ccc(C(=O)Oc2ccc(OC(=O)c3ccc(O)cc3)cc2)cc1. The summed E-state index contributed by atoms with van der Waals surface area (Å²) >= 11 is 0. The van der Waals surface area contributed by atoms with Gasteiger partial charge in [0.25, 0.3) is 0 Å². The Morgan fingerprint density at radius 2 is 1.04 bits per heavy atom. The number of aromatic hydroxyl groups is 1. The Kier molecular flexibility index (Phi) is 4.99. The van der Waals surface area contributed by atoms with Gasteiger partial charge >= 0.3 is 11.9 Å². The maximum atomic E-state index is 12.1. The highest BCUT2D eigenvalue weighted by atomic mass is 16.5. The molecule has 3 aromatic carbocycles. The highest BCUT2D eigenvalue weighted by molar-refractivity contribution is 5.92. The second-order valence-corrected chi connectivity index (χ2v) is 5.66. The second-order valence-electron chi connectivity index (χ2n) is 5.66. The molecule has 3 rings (SSSR count). The Morgan fingerprint density at radius 1 is 0.654 bits per heavy atom. The predicted octanol–water partition coefficient (Wildman–Crippen LogP) is 4.14. The van der Waals surface area contributed by atoms with E-state index in [4.69, 9.17) is 9.47 Å². The van der Waals surface area contributed by atoms with E-state index in [2.05, 4.69) is 0 Å². The summed E-state index contributed by atoms with van der Waals surface area (Å²) in [6.45, 7) is 1.94. The Labute approximate surface area is 150 Å². The van der Waals surface area contributed by atoms with Crippen LogP contribution in [-0.4, -0.2) is 17.0 Å². The van der Waals surface area contributed by atoms with E-state index in [0.717, 1.165) is 5.56 Å². The fourth-order valence-electron chi connectivity index (χ4n) is 2.19. The van der Waals surface area contributed by atoms with E-state index in [1.54, 1.807) is 24.3 Å². The molecule has 3 aromatic rings. The maximum absolute atomic E-state index is 12.1. The molecule has 0 amide bonds. The van der Waals surface area contributed by atoms with Crippen LogP contribution in [0.2, 0.25) is 0 Å². The fourth-order valence-corrected chi connectivity index (χ4v) is 2.19. The number of carbonyl (C=O) groups is 2. The molecule has 0 aromatic heterocycles. The third kappa shape index (κ3) is 4.27. The Hall–Kier alpha value is -3.60. The van der Waals surface area contributed by atoms with Crippen LogP contribution >= 0.6 is 0 Å². The molecule has 5 heteroatoms. The maximum Gasteiger partial charge on any atom is 0.343 e. The Bertz CT molecular complexity index is 832. The molecule has 0 heterocycles. The van der Waals surface area contributed by atoms with Gasteiger partial charge in [0.15, 0.2) is 0 Å². The van der Waals surface area contributed by atoms with Crippen molar-refractivity contribution in [2.75, 3.05) is 0 Å². The summed E-state index contributed by atoms with van der Waals surface area (Å²) in [5.41, 5.74) is 1.83. The summed E-state index contributed by atoms with van der Waals surface area (Å²) in [6, 6.07) is 19.0. The number of phenolic OH excluding ortho intramolecular Hbond substituents is 1. The van der Waals surface area contributed by atoms with Crippen LogP contribution in [0.4, 0.5) is 0 Å². The smallest absolute Gasteiger partial charge is 0.343 e. The number of rotatable bonds is 4. The van der Waals surface area contributed by atoms with Crippen LogP contribution in [0.15, 0.2) is 72.8 Å². The number of esters is 2. The number of phenols is 1. The van der Waals surface area contributed by atoms with Crippen LogP contribution in [0.25, 0.3) is 0 Å². The quantitative estimate of drug-likeness (QED) is 0.567. The number of hydrogen-bond donors (Lipinski definition) is 1. The topological polar surface area (TPSA) is 72.8 Å². The van der Waals surface area contributed by atoms with E-state index in [1.165, 1.54) is 36.4 Å². The predicted molar refractivity (Wildman–Crippen MR) is 95.6 cm³/mol. The molecular weight excluding hydrogens is 332 g/mol. The second kappa shape index (κ2) is 7.53. The van der Waals surface area contributed by atoms with Gasteiger partial charge in [-0.25, -0.2) is 9.59 Å². The van der Waals surface area contributed by atoms with Crippen LogP contribution in [0, 0.1) is 6.92 Å². The summed E-state index contributed by atoms with van der Waals surface area (Å²) in [4.78, 5) is 24.1. The molecule has 0 radical (unpaired) electrons. The van der Waals surface area contributed by atoms with Gasteiger partial charge in [0.2, 0.25) is 0 Å². The largest absolute Gasteiger partial charge is 0.508 e. The third-order valence-corrected chi connectivity index (χ3v) is 3.64. The van der Waals surface area contributed by atoms with E-state index in [1.807, 2.05) is 19.1 Å². The van der Waals surface area contributed by atoms with Gasteiger partial charge in [-0.15, -0.1) is 0 Å². The van der Waals surface area contributed by atoms with Crippen molar-refractivity contribution in [2.24, 2.45) is 0 Å². The number of ether oxygens (including phenoxy) is 2. The van der Waals surface area contributed by atoms with E-state index < -0.39 is 11.9 Å². The molecule has 130 valence electrons. The summed E-state index contributed by atoms with van der Waals surface area (Å²) < 4.78 is 10.5. The molecular formula is C21H16O5. The van der Waals surface area contributed by atoms with Gasteiger partial charge < -0.3 is 14.6 Å². The van der Waals surface area contributed by atoms with Crippen LogP contribution in [0.3, 0.4) is 0 Å². The third-order valence-electron chi connectivity index (χ3n) is 3.64. The molecule has 0 fully saturated rings. The van der Waals surface area contributed by atoms with Gasteiger partial charge in [-0.2, -0.15) is 0 Å². The molecule has 0 aliphatic heterocycles. The van der Waals surface area contributed by atoms with Gasteiger partial charge in [-0.05, 0) is 67.6 Å². The van der Waals surface area contributed by atoms with Crippen molar-refractivity contribution in [1.82, 2.24) is 0 Å². The molecule has 0 saturated carbocycles. The summed E-state index contributed by atoms with van der Waals surface area (Å²) in [7, 11) is 0. The van der Waals surface area contributed by atoms with Crippen molar-refractivity contribution >= 4 is 11.9 Å². The molecule has 0 bridgehead atoms. The van der Waals surface area contributed by atoms with E-state index in [9.17, 15) is 14.7 Å². The first kappa shape index (κ1) is 17.2. The van der Waals surface area contributed by atoms with Gasteiger partial charge in [0.1, 0.15) is 17.2 Å². The first-order chi connectivity index (χ1) is 12.5.